The van der Waals surface area contributed by atoms with E-state index in [4.69, 9.17) is 25.8 Å². The van der Waals surface area contributed by atoms with E-state index in [2.05, 4.69) is 4.99 Å². The largest absolute Gasteiger partial charge is 0.481 e. The molecule has 0 rings (SSSR count). The first-order chi connectivity index (χ1) is 12.2. The Morgan fingerprint density at radius 3 is 2.08 bits per heavy atom. The standard InChI is InChI=1S/C16H26N2O8/c17-13(16(24)25)3-1-2-8-18-11(4-6-14(20)21)9-26-10-12(19)5-7-15(22)23/h13H,1-10,17H2,(H,20,21)(H,22,23)(H,24,25)/t13-/m0/s1. The molecule has 5 N–H and O–H groups in total. The Morgan fingerprint density at radius 2 is 1.50 bits per heavy atom. The molecule has 0 saturated carbocycles. The minimum atomic E-state index is -1.07. The fourth-order valence-electron chi connectivity index (χ4n) is 1.89. The van der Waals surface area contributed by atoms with Gasteiger partial charge < -0.3 is 25.8 Å². The molecule has 0 spiro atoms. The van der Waals surface area contributed by atoms with Gasteiger partial charge in [-0.05, 0) is 25.7 Å². The van der Waals surface area contributed by atoms with Gasteiger partial charge in [-0.1, -0.05) is 0 Å². The number of hydrogen-bond donors (Lipinski definition) is 4. The first-order valence-electron chi connectivity index (χ1n) is 8.26. The van der Waals surface area contributed by atoms with Gasteiger partial charge in [-0.15, -0.1) is 0 Å². The van der Waals surface area contributed by atoms with Crippen molar-refractivity contribution >= 4 is 29.4 Å². The van der Waals surface area contributed by atoms with Gasteiger partial charge in [0.2, 0.25) is 0 Å². The van der Waals surface area contributed by atoms with Gasteiger partial charge in [-0.2, -0.15) is 0 Å². The molecule has 1 atom stereocenters. The molecule has 10 heteroatoms. The molecule has 0 unspecified atom stereocenters. The highest BCUT2D eigenvalue weighted by molar-refractivity contribution is 5.89. The molecule has 0 aromatic rings. The lowest BCUT2D eigenvalue weighted by atomic mass is 10.1. The molecular weight excluding hydrogens is 348 g/mol. The summed E-state index contributed by atoms with van der Waals surface area (Å²) in [6.07, 6.45) is 1.14. The van der Waals surface area contributed by atoms with Crippen molar-refractivity contribution in [2.45, 2.75) is 51.0 Å². The van der Waals surface area contributed by atoms with Crippen molar-refractivity contribution in [3.63, 3.8) is 0 Å². The van der Waals surface area contributed by atoms with Crippen molar-refractivity contribution in [1.29, 1.82) is 0 Å². The van der Waals surface area contributed by atoms with Crippen molar-refractivity contribution in [2.24, 2.45) is 10.7 Å². The maximum Gasteiger partial charge on any atom is 0.320 e. The molecule has 0 heterocycles. The highest BCUT2D eigenvalue weighted by Crippen LogP contribution is 2.02. The molecule has 0 radical (unpaired) electrons. The van der Waals surface area contributed by atoms with Crippen LogP contribution in [-0.2, 0) is 23.9 Å². The van der Waals surface area contributed by atoms with E-state index >= 15 is 0 Å². The summed E-state index contributed by atoms with van der Waals surface area (Å²) in [4.78, 5) is 47.3. The number of aliphatic imine (C=N–C) groups is 1. The first-order valence-corrected chi connectivity index (χ1v) is 8.26. The number of hydrogen-bond acceptors (Lipinski definition) is 7. The minimum absolute atomic E-state index is 0.0132. The maximum absolute atomic E-state index is 11.4. The summed E-state index contributed by atoms with van der Waals surface area (Å²) in [7, 11) is 0. The predicted molar refractivity (Wildman–Crippen MR) is 91.3 cm³/mol. The number of carboxylic acids is 3. The highest BCUT2D eigenvalue weighted by atomic mass is 16.5. The fourth-order valence-corrected chi connectivity index (χ4v) is 1.89. The lowest BCUT2D eigenvalue weighted by molar-refractivity contribution is -0.139. The Balaban J connectivity index is 4.24. The minimum Gasteiger partial charge on any atom is -0.481 e. The van der Waals surface area contributed by atoms with Crippen LogP contribution in [0.2, 0.25) is 0 Å². The van der Waals surface area contributed by atoms with Crippen molar-refractivity contribution in [2.75, 3.05) is 19.8 Å². The summed E-state index contributed by atoms with van der Waals surface area (Å²) < 4.78 is 5.18. The third-order valence-electron chi connectivity index (χ3n) is 3.35. The van der Waals surface area contributed by atoms with Gasteiger partial charge in [0.05, 0.1) is 19.4 Å². The van der Waals surface area contributed by atoms with Crippen LogP contribution in [0.4, 0.5) is 0 Å². The Kier molecular flexibility index (Phi) is 12.7. The maximum atomic E-state index is 11.4. The zero-order valence-corrected chi connectivity index (χ0v) is 14.6. The first kappa shape index (κ1) is 23.7. The monoisotopic (exact) mass is 374 g/mol. The Bertz CT molecular complexity index is 518. The van der Waals surface area contributed by atoms with Gasteiger partial charge in [0.25, 0.3) is 0 Å². The quantitative estimate of drug-likeness (QED) is 0.219. The summed E-state index contributed by atoms with van der Waals surface area (Å²) in [6.45, 7) is 0.102. The van der Waals surface area contributed by atoms with Crippen molar-refractivity contribution in [3.8, 4) is 0 Å². The van der Waals surface area contributed by atoms with Crippen LogP contribution in [0.5, 0.6) is 0 Å². The van der Waals surface area contributed by atoms with Crippen LogP contribution in [0.25, 0.3) is 0 Å². The smallest absolute Gasteiger partial charge is 0.320 e. The van der Waals surface area contributed by atoms with Gasteiger partial charge in [0, 0.05) is 18.7 Å². The Labute approximate surface area is 151 Å². The summed E-state index contributed by atoms with van der Waals surface area (Å²) in [5.74, 6) is -3.46. The third kappa shape index (κ3) is 14.1. The number of aliphatic carboxylic acids is 3. The third-order valence-corrected chi connectivity index (χ3v) is 3.35. The normalized spacial score (nSPS) is 12.6. The van der Waals surface area contributed by atoms with Gasteiger partial charge in [0.15, 0.2) is 5.78 Å². The zero-order chi connectivity index (χ0) is 19.9. The number of Topliss-reactive ketones (excluding diaryl/α,β-unsaturated/α-hetero) is 1. The highest BCUT2D eigenvalue weighted by Gasteiger charge is 2.11. The molecule has 26 heavy (non-hydrogen) atoms. The van der Waals surface area contributed by atoms with E-state index in [1.54, 1.807) is 0 Å². The second-order valence-corrected chi connectivity index (χ2v) is 5.71. The van der Waals surface area contributed by atoms with E-state index < -0.39 is 23.9 Å². The summed E-state index contributed by atoms with van der Waals surface area (Å²) in [5.41, 5.74) is 5.87. The molecule has 0 bridgehead atoms. The number of carbonyl (C=O) groups excluding carboxylic acids is 1. The number of unbranched alkanes of at least 4 members (excludes halogenated alkanes) is 1. The number of nitrogens with zero attached hydrogens (tertiary/aromatic N) is 1. The average molecular weight is 374 g/mol. The predicted octanol–water partition coefficient (Wildman–Crippen LogP) is 0.325. The van der Waals surface area contributed by atoms with E-state index in [9.17, 15) is 19.2 Å². The molecular formula is C16H26N2O8. The average Bonchev–Trinajstić information content (AvgIpc) is 2.56. The molecule has 148 valence electrons. The van der Waals surface area contributed by atoms with Gasteiger partial charge in [0.1, 0.15) is 12.6 Å². The molecule has 0 aliphatic heterocycles. The number of rotatable bonds is 16. The van der Waals surface area contributed by atoms with Crippen LogP contribution in [0.3, 0.4) is 0 Å². The fraction of sp³-hybridized carbons (Fsp3) is 0.688. The molecule has 10 nitrogen and oxygen atoms in total. The van der Waals surface area contributed by atoms with Crippen LogP contribution in [0, 0.1) is 0 Å². The summed E-state index contributed by atoms with van der Waals surface area (Å²) in [6, 6.07) is -0.911. The van der Waals surface area contributed by atoms with Gasteiger partial charge in [-0.3, -0.25) is 24.2 Å². The van der Waals surface area contributed by atoms with Crippen LogP contribution in [0.15, 0.2) is 4.99 Å². The van der Waals surface area contributed by atoms with E-state index in [1.807, 2.05) is 0 Å². The van der Waals surface area contributed by atoms with Crippen molar-refractivity contribution in [3.05, 3.63) is 0 Å². The molecule has 0 aliphatic carbocycles. The Hall–Kier alpha value is -2.33. The lowest BCUT2D eigenvalue weighted by Gasteiger charge is -2.08. The van der Waals surface area contributed by atoms with Gasteiger partial charge >= 0.3 is 17.9 Å². The molecule has 0 aromatic carbocycles. The van der Waals surface area contributed by atoms with Crippen LogP contribution >= 0.6 is 0 Å². The molecule has 0 aliphatic rings. The topological polar surface area (TPSA) is 177 Å². The number of carbonyl (C=O) groups is 4. The molecule has 0 aromatic heterocycles. The molecule has 0 fully saturated rings. The van der Waals surface area contributed by atoms with E-state index in [0.717, 1.165) is 0 Å². The van der Waals surface area contributed by atoms with E-state index in [-0.39, 0.29) is 44.7 Å². The number of nitrogens with two attached hydrogens (primary N) is 1. The summed E-state index contributed by atoms with van der Waals surface area (Å²) in [5, 5.41) is 25.9. The van der Waals surface area contributed by atoms with Crippen molar-refractivity contribution < 1.29 is 39.2 Å². The number of ketones is 1. The second-order valence-electron chi connectivity index (χ2n) is 5.71. The van der Waals surface area contributed by atoms with Crippen molar-refractivity contribution in [1.82, 2.24) is 0 Å². The summed E-state index contributed by atoms with van der Waals surface area (Å²) >= 11 is 0. The van der Waals surface area contributed by atoms with Gasteiger partial charge in [-0.25, -0.2) is 0 Å². The van der Waals surface area contributed by atoms with Crippen LogP contribution in [-0.4, -0.2) is 70.5 Å². The molecule has 0 saturated heterocycles. The van der Waals surface area contributed by atoms with Crippen LogP contribution < -0.4 is 5.73 Å². The van der Waals surface area contributed by atoms with E-state index in [0.29, 0.717) is 31.5 Å². The zero-order valence-electron chi connectivity index (χ0n) is 14.6. The lowest BCUT2D eigenvalue weighted by Crippen LogP contribution is -2.29. The number of ether oxygens (including phenoxy) is 1. The van der Waals surface area contributed by atoms with E-state index in [1.165, 1.54) is 0 Å². The Morgan fingerprint density at radius 1 is 0.885 bits per heavy atom. The van der Waals surface area contributed by atoms with Crippen LogP contribution in [0.1, 0.15) is 44.9 Å². The second kappa shape index (κ2) is 13.9. The molecule has 0 amide bonds. The SMILES string of the molecule is N[C@@H](CCCCN=C(CCC(=O)O)COCC(=O)CCC(=O)O)C(=O)O. The number of carboxylic acid groups (broad SMARTS) is 3.